The van der Waals surface area contributed by atoms with Gasteiger partial charge in [0, 0.05) is 18.0 Å². The van der Waals surface area contributed by atoms with Crippen molar-refractivity contribution in [2.45, 2.75) is 0 Å². The fourth-order valence-electron chi connectivity index (χ4n) is 1.57. The maximum absolute atomic E-state index is 10.7. The normalized spacial score (nSPS) is 11.1. The Bertz CT molecular complexity index is 447. The molecular formula is C14H11NO. The van der Waals surface area contributed by atoms with Gasteiger partial charge in [0.05, 0.1) is 0 Å². The summed E-state index contributed by atoms with van der Waals surface area (Å²) < 4.78 is 0. The number of rotatable bonds is 3. The van der Waals surface area contributed by atoms with Crippen molar-refractivity contribution < 1.29 is 4.79 Å². The van der Waals surface area contributed by atoms with Crippen LogP contribution in [0.5, 0.6) is 0 Å². The molecule has 0 aliphatic heterocycles. The van der Waals surface area contributed by atoms with Crippen molar-refractivity contribution in [1.29, 1.82) is 0 Å². The molecule has 1 aromatic heterocycles. The number of carbonyl (C=O) groups is 1. The number of carbonyl (C=O) groups excluding carboxylic acids is 1. The summed E-state index contributed by atoms with van der Waals surface area (Å²) >= 11 is 0. The second-order valence-corrected chi connectivity index (χ2v) is 3.32. The number of hydrogen-bond acceptors (Lipinski definition) is 2. The standard InChI is InChI=1S/C14H11NO/c16-10-8-14(12-5-2-1-3-6-12)13-7-4-9-15-11-13/h1-11H/b14-8-. The van der Waals surface area contributed by atoms with Crippen LogP contribution in [0.15, 0.2) is 60.9 Å². The van der Waals surface area contributed by atoms with Crippen molar-refractivity contribution in [2.24, 2.45) is 0 Å². The third-order valence-electron chi connectivity index (χ3n) is 2.29. The van der Waals surface area contributed by atoms with Gasteiger partial charge in [0.1, 0.15) is 6.29 Å². The zero-order valence-electron chi connectivity index (χ0n) is 8.71. The maximum atomic E-state index is 10.7. The van der Waals surface area contributed by atoms with Crippen LogP contribution >= 0.6 is 0 Å². The van der Waals surface area contributed by atoms with Crippen LogP contribution in [0, 0.1) is 0 Å². The Morgan fingerprint density at radius 2 is 1.75 bits per heavy atom. The van der Waals surface area contributed by atoms with Gasteiger partial charge in [0.25, 0.3) is 0 Å². The van der Waals surface area contributed by atoms with Gasteiger partial charge in [-0.1, -0.05) is 36.4 Å². The number of benzene rings is 1. The molecule has 0 aliphatic carbocycles. The van der Waals surface area contributed by atoms with E-state index in [1.165, 1.54) is 0 Å². The molecule has 2 aromatic rings. The number of pyridine rings is 1. The minimum Gasteiger partial charge on any atom is -0.299 e. The van der Waals surface area contributed by atoms with E-state index < -0.39 is 0 Å². The number of hydrogen-bond donors (Lipinski definition) is 0. The number of allylic oxidation sites excluding steroid dienone is 1. The molecule has 16 heavy (non-hydrogen) atoms. The Kier molecular flexibility index (Phi) is 3.24. The number of nitrogens with zero attached hydrogens (tertiary/aromatic N) is 1. The molecule has 2 heteroatoms. The molecule has 0 atom stereocenters. The average Bonchev–Trinajstić information content (AvgIpc) is 2.38. The topological polar surface area (TPSA) is 30.0 Å². The van der Waals surface area contributed by atoms with E-state index in [0.717, 1.165) is 23.0 Å². The highest BCUT2D eigenvalue weighted by atomic mass is 16.1. The molecule has 0 bridgehead atoms. The Morgan fingerprint density at radius 3 is 2.38 bits per heavy atom. The van der Waals surface area contributed by atoms with Crippen LogP contribution in [0.1, 0.15) is 11.1 Å². The molecule has 0 amide bonds. The van der Waals surface area contributed by atoms with Gasteiger partial charge in [-0.15, -0.1) is 0 Å². The smallest absolute Gasteiger partial charge is 0.143 e. The van der Waals surface area contributed by atoms with Gasteiger partial charge in [0.2, 0.25) is 0 Å². The highest BCUT2D eigenvalue weighted by Crippen LogP contribution is 2.21. The first-order chi connectivity index (χ1) is 7.92. The Morgan fingerprint density at radius 1 is 1.00 bits per heavy atom. The van der Waals surface area contributed by atoms with Crippen molar-refractivity contribution in [3.63, 3.8) is 0 Å². The highest BCUT2D eigenvalue weighted by molar-refractivity contribution is 5.89. The van der Waals surface area contributed by atoms with E-state index in [1.54, 1.807) is 18.5 Å². The SMILES string of the molecule is O=C/C=C(/c1ccccc1)c1cccnc1. The second-order valence-electron chi connectivity index (χ2n) is 3.32. The molecule has 2 rings (SSSR count). The zero-order chi connectivity index (χ0) is 11.2. The molecule has 0 radical (unpaired) electrons. The van der Waals surface area contributed by atoms with Gasteiger partial charge < -0.3 is 0 Å². The van der Waals surface area contributed by atoms with Gasteiger partial charge >= 0.3 is 0 Å². The van der Waals surface area contributed by atoms with E-state index >= 15 is 0 Å². The maximum Gasteiger partial charge on any atom is 0.143 e. The molecule has 0 saturated carbocycles. The van der Waals surface area contributed by atoms with E-state index in [-0.39, 0.29) is 0 Å². The van der Waals surface area contributed by atoms with Gasteiger partial charge in [0.15, 0.2) is 0 Å². The van der Waals surface area contributed by atoms with E-state index in [1.807, 2.05) is 42.5 Å². The Labute approximate surface area is 94.3 Å². The lowest BCUT2D eigenvalue weighted by Crippen LogP contribution is -1.89. The fourth-order valence-corrected chi connectivity index (χ4v) is 1.57. The van der Waals surface area contributed by atoms with E-state index in [9.17, 15) is 4.79 Å². The summed E-state index contributed by atoms with van der Waals surface area (Å²) in [5, 5.41) is 0. The van der Waals surface area contributed by atoms with Crippen LogP contribution in [0.25, 0.3) is 5.57 Å². The summed E-state index contributed by atoms with van der Waals surface area (Å²) in [4.78, 5) is 14.7. The minimum absolute atomic E-state index is 0.801. The summed E-state index contributed by atoms with van der Waals surface area (Å²) in [7, 11) is 0. The Hall–Kier alpha value is -2.22. The van der Waals surface area contributed by atoms with Gasteiger partial charge in [-0.25, -0.2) is 0 Å². The van der Waals surface area contributed by atoms with Crippen LogP contribution in [-0.4, -0.2) is 11.3 Å². The molecular weight excluding hydrogens is 198 g/mol. The molecule has 1 aromatic carbocycles. The van der Waals surface area contributed by atoms with E-state index in [2.05, 4.69) is 4.98 Å². The molecule has 0 fully saturated rings. The van der Waals surface area contributed by atoms with Crippen LogP contribution in [0.3, 0.4) is 0 Å². The quantitative estimate of drug-likeness (QED) is 0.574. The second kappa shape index (κ2) is 5.03. The van der Waals surface area contributed by atoms with Crippen molar-refractivity contribution in [3.05, 3.63) is 72.1 Å². The fraction of sp³-hybridized carbons (Fsp3) is 0. The summed E-state index contributed by atoms with van der Waals surface area (Å²) in [5.41, 5.74) is 2.85. The summed E-state index contributed by atoms with van der Waals surface area (Å²) in [6.07, 6.45) is 5.83. The van der Waals surface area contributed by atoms with Gasteiger partial charge in [-0.3, -0.25) is 9.78 Å². The van der Waals surface area contributed by atoms with E-state index in [4.69, 9.17) is 0 Å². The lowest BCUT2D eigenvalue weighted by Gasteiger charge is -2.05. The molecule has 78 valence electrons. The predicted molar refractivity (Wildman–Crippen MR) is 63.8 cm³/mol. The highest BCUT2D eigenvalue weighted by Gasteiger charge is 2.03. The van der Waals surface area contributed by atoms with Crippen molar-refractivity contribution >= 4 is 11.9 Å². The third-order valence-corrected chi connectivity index (χ3v) is 2.29. The number of aromatic nitrogens is 1. The first-order valence-corrected chi connectivity index (χ1v) is 5.03. The van der Waals surface area contributed by atoms with Crippen LogP contribution in [-0.2, 0) is 4.79 Å². The first kappa shape index (κ1) is 10.3. The summed E-state index contributed by atoms with van der Waals surface area (Å²) in [6.45, 7) is 0. The molecule has 0 unspecified atom stereocenters. The average molecular weight is 209 g/mol. The van der Waals surface area contributed by atoms with Gasteiger partial charge in [-0.2, -0.15) is 0 Å². The Balaban J connectivity index is 2.48. The van der Waals surface area contributed by atoms with Crippen molar-refractivity contribution in [2.75, 3.05) is 0 Å². The third kappa shape index (κ3) is 2.23. The number of aldehydes is 1. The van der Waals surface area contributed by atoms with Crippen molar-refractivity contribution in [1.82, 2.24) is 4.98 Å². The van der Waals surface area contributed by atoms with Crippen molar-refractivity contribution in [3.8, 4) is 0 Å². The first-order valence-electron chi connectivity index (χ1n) is 5.03. The molecule has 0 spiro atoms. The van der Waals surface area contributed by atoms with E-state index in [0.29, 0.717) is 0 Å². The summed E-state index contributed by atoms with van der Waals surface area (Å²) in [6, 6.07) is 13.6. The van der Waals surface area contributed by atoms with Crippen LogP contribution < -0.4 is 0 Å². The monoisotopic (exact) mass is 209 g/mol. The predicted octanol–water partition coefficient (Wildman–Crippen LogP) is 2.71. The van der Waals surface area contributed by atoms with Gasteiger partial charge in [-0.05, 0) is 23.3 Å². The molecule has 0 N–H and O–H groups in total. The molecule has 0 aliphatic rings. The van der Waals surface area contributed by atoms with Crippen LogP contribution in [0.4, 0.5) is 0 Å². The molecule has 1 heterocycles. The largest absolute Gasteiger partial charge is 0.299 e. The lowest BCUT2D eigenvalue weighted by atomic mass is 9.99. The molecule has 2 nitrogen and oxygen atoms in total. The summed E-state index contributed by atoms with van der Waals surface area (Å²) in [5.74, 6) is 0. The molecule has 0 saturated heterocycles. The van der Waals surface area contributed by atoms with Crippen LogP contribution in [0.2, 0.25) is 0 Å². The zero-order valence-corrected chi connectivity index (χ0v) is 8.71. The minimum atomic E-state index is 0.801. The lowest BCUT2D eigenvalue weighted by molar-refractivity contribution is -0.104.